The van der Waals surface area contributed by atoms with E-state index in [1.165, 1.54) is 12.1 Å². The number of para-hydroxylation sites is 2. The van der Waals surface area contributed by atoms with E-state index < -0.39 is 5.82 Å². The Balaban J connectivity index is 1.39. The van der Waals surface area contributed by atoms with Crippen LogP contribution in [0.1, 0.15) is 11.4 Å². The van der Waals surface area contributed by atoms with Crippen molar-refractivity contribution in [1.82, 2.24) is 4.98 Å². The molecule has 0 unspecified atom stereocenters. The molecule has 0 saturated carbocycles. The van der Waals surface area contributed by atoms with Crippen LogP contribution in [0.4, 0.5) is 4.39 Å². The Hall–Kier alpha value is -2.47. The molecule has 0 amide bonds. The normalized spacial score (nSPS) is 10.7. The molecule has 2 aromatic carbocycles. The summed E-state index contributed by atoms with van der Waals surface area (Å²) in [5.41, 5.74) is 0.948. The number of carbonyl (C=O) groups excluding carboxylic acids is 1. The largest absolute Gasteiger partial charge is 0.487 e. The monoisotopic (exact) mass is 345 g/mol. The summed E-state index contributed by atoms with van der Waals surface area (Å²) < 4.78 is 24.8. The zero-order chi connectivity index (χ0) is 16.8. The minimum atomic E-state index is -0.431. The molecule has 0 N–H and O–H groups in total. The highest BCUT2D eigenvalue weighted by molar-refractivity contribution is 7.18. The number of carbonyl (C=O) groups is 1. The van der Waals surface area contributed by atoms with Gasteiger partial charge in [-0.05, 0) is 24.3 Å². The Morgan fingerprint density at radius 3 is 2.71 bits per heavy atom. The molecular formula is C18H16FNO3S. The van der Waals surface area contributed by atoms with Gasteiger partial charge in [-0.2, -0.15) is 0 Å². The maximum atomic E-state index is 13.3. The minimum Gasteiger partial charge on any atom is -0.487 e. The van der Waals surface area contributed by atoms with E-state index in [9.17, 15) is 9.18 Å². The summed E-state index contributed by atoms with van der Waals surface area (Å²) >= 11 is 1.58. The van der Waals surface area contributed by atoms with Crippen molar-refractivity contribution in [2.75, 3.05) is 13.2 Å². The van der Waals surface area contributed by atoms with E-state index in [2.05, 4.69) is 4.98 Å². The lowest BCUT2D eigenvalue weighted by Crippen LogP contribution is -2.13. The molecule has 0 radical (unpaired) electrons. The van der Waals surface area contributed by atoms with Gasteiger partial charge in [-0.1, -0.05) is 24.3 Å². The molecule has 0 saturated heterocycles. The van der Waals surface area contributed by atoms with Gasteiger partial charge in [0.25, 0.3) is 0 Å². The lowest BCUT2D eigenvalue weighted by atomic mass is 10.3. The SMILES string of the molecule is O=C(CCc1nc2ccccc2s1)OCCOc1ccccc1F. The molecule has 0 aliphatic heterocycles. The zero-order valence-corrected chi connectivity index (χ0v) is 13.7. The van der Waals surface area contributed by atoms with Crippen LogP contribution in [0.3, 0.4) is 0 Å². The second kappa shape index (κ2) is 7.88. The van der Waals surface area contributed by atoms with E-state index >= 15 is 0 Å². The van der Waals surface area contributed by atoms with E-state index in [1.807, 2.05) is 24.3 Å². The third-order valence-electron chi connectivity index (χ3n) is 3.32. The summed E-state index contributed by atoms with van der Waals surface area (Å²) in [6.07, 6.45) is 0.811. The van der Waals surface area contributed by atoms with E-state index in [0.717, 1.165) is 15.2 Å². The molecule has 0 aliphatic carbocycles. The smallest absolute Gasteiger partial charge is 0.306 e. The predicted octanol–water partition coefficient (Wildman–Crippen LogP) is 3.99. The van der Waals surface area contributed by atoms with Gasteiger partial charge < -0.3 is 9.47 Å². The Labute approximate surface area is 142 Å². The highest BCUT2D eigenvalue weighted by Gasteiger charge is 2.08. The van der Waals surface area contributed by atoms with Crippen molar-refractivity contribution in [2.45, 2.75) is 12.8 Å². The summed E-state index contributed by atoms with van der Waals surface area (Å²) in [5.74, 6) is -0.589. The number of hydrogen-bond acceptors (Lipinski definition) is 5. The molecule has 0 atom stereocenters. The van der Waals surface area contributed by atoms with Gasteiger partial charge in [-0.3, -0.25) is 4.79 Å². The third kappa shape index (κ3) is 4.29. The molecule has 1 heterocycles. The van der Waals surface area contributed by atoms with Gasteiger partial charge >= 0.3 is 5.97 Å². The first kappa shape index (κ1) is 16.4. The molecule has 124 valence electrons. The number of benzene rings is 2. The first-order chi connectivity index (χ1) is 11.7. The zero-order valence-electron chi connectivity index (χ0n) is 12.9. The molecule has 1 aromatic heterocycles. The van der Waals surface area contributed by atoms with Crippen LogP contribution in [-0.4, -0.2) is 24.2 Å². The second-order valence-electron chi connectivity index (χ2n) is 5.07. The van der Waals surface area contributed by atoms with Gasteiger partial charge in [0, 0.05) is 6.42 Å². The van der Waals surface area contributed by atoms with Gasteiger partial charge in [0.05, 0.1) is 21.6 Å². The van der Waals surface area contributed by atoms with E-state index in [0.29, 0.717) is 6.42 Å². The van der Waals surface area contributed by atoms with Crippen LogP contribution >= 0.6 is 11.3 Å². The van der Waals surface area contributed by atoms with Crippen molar-refractivity contribution in [2.24, 2.45) is 0 Å². The fourth-order valence-corrected chi connectivity index (χ4v) is 3.14. The van der Waals surface area contributed by atoms with Crippen LogP contribution in [0.5, 0.6) is 5.75 Å². The molecular weight excluding hydrogens is 329 g/mol. The van der Waals surface area contributed by atoms with Crippen molar-refractivity contribution < 1.29 is 18.7 Å². The van der Waals surface area contributed by atoms with Crippen LogP contribution in [0, 0.1) is 5.82 Å². The number of esters is 1. The number of aryl methyl sites for hydroxylation is 1. The molecule has 0 bridgehead atoms. The number of rotatable bonds is 7. The maximum Gasteiger partial charge on any atom is 0.306 e. The Kier molecular flexibility index (Phi) is 5.38. The number of nitrogens with zero attached hydrogens (tertiary/aromatic N) is 1. The summed E-state index contributed by atoms with van der Waals surface area (Å²) in [7, 11) is 0. The quantitative estimate of drug-likeness (QED) is 0.480. The van der Waals surface area contributed by atoms with Gasteiger partial charge in [0.1, 0.15) is 13.2 Å². The summed E-state index contributed by atoms with van der Waals surface area (Å²) in [4.78, 5) is 16.2. The fraction of sp³-hybridized carbons (Fsp3) is 0.222. The van der Waals surface area contributed by atoms with Crippen molar-refractivity contribution in [3.05, 3.63) is 59.4 Å². The van der Waals surface area contributed by atoms with Crippen molar-refractivity contribution in [1.29, 1.82) is 0 Å². The number of ether oxygens (including phenoxy) is 2. The fourth-order valence-electron chi connectivity index (χ4n) is 2.18. The number of fused-ring (bicyclic) bond motifs is 1. The second-order valence-corrected chi connectivity index (χ2v) is 6.19. The first-order valence-corrected chi connectivity index (χ1v) is 8.41. The number of aromatic nitrogens is 1. The van der Waals surface area contributed by atoms with Crippen molar-refractivity contribution in [3.63, 3.8) is 0 Å². The minimum absolute atomic E-state index is 0.0903. The molecule has 0 aliphatic rings. The first-order valence-electron chi connectivity index (χ1n) is 7.60. The number of hydrogen-bond donors (Lipinski definition) is 0. The van der Waals surface area contributed by atoms with Crippen LogP contribution in [0.25, 0.3) is 10.2 Å². The molecule has 0 fully saturated rings. The summed E-state index contributed by atoms with van der Waals surface area (Å²) in [5, 5.41) is 0.913. The summed E-state index contributed by atoms with van der Waals surface area (Å²) in [6.45, 7) is 0.209. The van der Waals surface area contributed by atoms with Crippen LogP contribution in [-0.2, 0) is 16.0 Å². The van der Waals surface area contributed by atoms with Crippen LogP contribution in [0.15, 0.2) is 48.5 Å². The molecule has 24 heavy (non-hydrogen) atoms. The van der Waals surface area contributed by atoms with Gasteiger partial charge in [-0.15, -0.1) is 11.3 Å². The highest BCUT2D eigenvalue weighted by atomic mass is 32.1. The molecule has 3 rings (SSSR count). The maximum absolute atomic E-state index is 13.3. The van der Waals surface area contributed by atoms with Gasteiger partial charge in [0.2, 0.25) is 0 Å². The lowest BCUT2D eigenvalue weighted by Gasteiger charge is -2.07. The molecule has 6 heteroatoms. The molecule has 4 nitrogen and oxygen atoms in total. The molecule has 3 aromatic rings. The van der Waals surface area contributed by atoms with Gasteiger partial charge in [-0.25, -0.2) is 9.37 Å². The molecule has 0 spiro atoms. The van der Waals surface area contributed by atoms with Crippen LogP contribution in [0.2, 0.25) is 0 Å². The number of halogens is 1. The predicted molar refractivity (Wildman–Crippen MR) is 90.8 cm³/mol. The van der Waals surface area contributed by atoms with Gasteiger partial charge in [0.15, 0.2) is 11.6 Å². The van der Waals surface area contributed by atoms with E-state index in [4.69, 9.17) is 9.47 Å². The topological polar surface area (TPSA) is 48.4 Å². The highest BCUT2D eigenvalue weighted by Crippen LogP contribution is 2.22. The summed E-state index contributed by atoms with van der Waals surface area (Å²) in [6, 6.07) is 14.0. The average Bonchev–Trinajstić information content (AvgIpc) is 3.01. The Morgan fingerprint density at radius 2 is 1.88 bits per heavy atom. The third-order valence-corrected chi connectivity index (χ3v) is 4.42. The van der Waals surface area contributed by atoms with Crippen molar-refractivity contribution >= 4 is 27.5 Å². The lowest BCUT2D eigenvalue weighted by molar-refractivity contribution is -0.144. The van der Waals surface area contributed by atoms with E-state index in [-0.39, 0.29) is 31.4 Å². The van der Waals surface area contributed by atoms with E-state index in [1.54, 1.807) is 23.5 Å². The standard InChI is InChI=1S/C18H16FNO3S/c19-13-5-1-3-7-15(13)22-11-12-23-18(21)10-9-17-20-14-6-2-4-8-16(14)24-17/h1-8H,9-12H2. The van der Waals surface area contributed by atoms with Crippen LogP contribution < -0.4 is 4.74 Å². The average molecular weight is 345 g/mol. The number of thiazole rings is 1. The Morgan fingerprint density at radius 1 is 1.08 bits per heavy atom. The Bertz CT molecular complexity index is 801. The van der Waals surface area contributed by atoms with Crippen molar-refractivity contribution in [3.8, 4) is 5.75 Å².